The summed E-state index contributed by atoms with van der Waals surface area (Å²) in [5.74, 6) is -2.51. The molecule has 6 nitrogen and oxygen atoms in total. The van der Waals surface area contributed by atoms with Crippen LogP contribution in [-0.4, -0.2) is 58.3 Å². The summed E-state index contributed by atoms with van der Waals surface area (Å²) in [5.41, 5.74) is 0. The second-order valence-electron chi connectivity index (χ2n) is 4.33. The monoisotopic (exact) mass is 256 g/mol. The van der Waals surface area contributed by atoms with Crippen molar-refractivity contribution >= 4 is 11.9 Å². The number of aliphatic carboxylic acids is 2. The van der Waals surface area contributed by atoms with Gasteiger partial charge in [0.25, 0.3) is 0 Å². The first-order chi connectivity index (χ1) is 8.59. The molecule has 0 aromatic heterocycles. The molecule has 0 bridgehead atoms. The summed E-state index contributed by atoms with van der Waals surface area (Å²) in [6, 6.07) is 0. The third-order valence-electron chi connectivity index (χ3n) is 2.93. The van der Waals surface area contributed by atoms with E-state index in [1.54, 1.807) is 0 Å². The topological polar surface area (TPSA) is 81.1 Å². The molecular weight excluding hydrogens is 236 g/mol. The molecule has 2 saturated heterocycles. The molecule has 2 rings (SSSR count). The number of carboxylic acid groups (broad SMARTS) is 2. The number of carboxylic acids is 2. The molecule has 0 aromatic rings. The maximum atomic E-state index is 9.55. The van der Waals surface area contributed by atoms with Crippen molar-refractivity contribution in [2.75, 3.05) is 26.2 Å². The summed E-state index contributed by atoms with van der Waals surface area (Å²) >= 11 is 0. The first-order valence-electron chi connectivity index (χ1n) is 6.23. The molecule has 0 amide bonds. The number of nitrogens with zero attached hydrogens (tertiary/aromatic N) is 2. The van der Waals surface area contributed by atoms with Gasteiger partial charge in [-0.3, -0.25) is 0 Å². The lowest BCUT2D eigenvalue weighted by Crippen LogP contribution is -2.38. The van der Waals surface area contributed by atoms with Crippen molar-refractivity contribution < 1.29 is 19.8 Å². The molecule has 18 heavy (non-hydrogen) atoms. The van der Waals surface area contributed by atoms with Gasteiger partial charge in [0.15, 0.2) is 0 Å². The van der Waals surface area contributed by atoms with Gasteiger partial charge in [-0.05, 0) is 25.7 Å². The van der Waals surface area contributed by atoms with Gasteiger partial charge in [-0.15, -0.1) is 0 Å². The molecule has 0 aromatic carbocycles. The van der Waals surface area contributed by atoms with Crippen LogP contribution in [0.15, 0.2) is 12.2 Å². The molecule has 2 aliphatic heterocycles. The highest BCUT2D eigenvalue weighted by molar-refractivity contribution is 5.89. The Bertz CT molecular complexity index is 275. The van der Waals surface area contributed by atoms with E-state index in [9.17, 15) is 9.59 Å². The smallest absolute Gasteiger partial charge is 0.328 e. The molecule has 2 N–H and O–H groups in total. The number of hydrogen-bond acceptors (Lipinski definition) is 4. The Labute approximate surface area is 106 Å². The maximum Gasteiger partial charge on any atom is 0.328 e. The third-order valence-corrected chi connectivity index (χ3v) is 2.93. The highest BCUT2D eigenvalue weighted by Gasteiger charge is 2.21. The van der Waals surface area contributed by atoms with E-state index in [2.05, 4.69) is 10.0 Å². The zero-order chi connectivity index (χ0) is 13.4. The molecule has 0 aliphatic carbocycles. The van der Waals surface area contributed by atoms with E-state index in [-0.39, 0.29) is 0 Å². The zero-order valence-electron chi connectivity index (χ0n) is 10.4. The molecule has 2 heterocycles. The molecule has 6 heteroatoms. The van der Waals surface area contributed by atoms with Gasteiger partial charge < -0.3 is 10.2 Å². The predicted octanol–water partition coefficient (Wildman–Crippen LogP) is 0.805. The number of hydrogen-bond donors (Lipinski definition) is 2. The van der Waals surface area contributed by atoms with Gasteiger partial charge in [0, 0.05) is 38.3 Å². The van der Waals surface area contributed by atoms with Gasteiger partial charge in [0.05, 0.1) is 0 Å². The average molecular weight is 256 g/mol. The van der Waals surface area contributed by atoms with Crippen LogP contribution in [-0.2, 0) is 9.59 Å². The van der Waals surface area contributed by atoms with Gasteiger partial charge >= 0.3 is 11.9 Å². The number of carbonyl (C=O) groups is 2. The van der Waals surface area contributed by atoms with Crippen molar-refractivity contribution in [3.63, 3.8) is 0 Å². The molecule has 0 spiro atoms. The lowest BCUT2D eigenvalue weighted by atomic mass is 10.4. The van der Waals surface area contributed by atoms with Crippen LogP contribution in [0.4, 0.5) is 0 Å². The average Bonchev–Trinajstić information content (AvgIpc) is 2.98. The van der Waals surface area contributed by atoms with Crippen LogP contribution in [0.3, 0.4) is 0 Å². The summed E-state index contributed by atoms with van der Waals surface area (Å²) in [6.45, 7) is 5.28. The third kappa shape index (κ3) is 5.79. The van der Waals surface area contributed by atoms with Gasteiger partial charge in [0.2, 0.25) is 0 Å². The van der Waals surface area contributed by atoms with Crippen molar-refractivity contribution in [3.8, 4) is 0 Å². The molecule has 102 valence electrons. The first-order valence-corrected chi connectivity index (χ1v) is 6.23. The Morgan fingerprint density at radius 3 is 1.22 bits per heavy atom. The standard InChI is InChI=1S/C8H16N2.C4H4O4/c1-2-6-9(5-1)10-7-3-4-8-10;5-3(6)1-2-4(7)8/h1-8H2;1-2H,(H,5,6)(H,7,8)/b;2-1+. The van der Waals surface area contributed by atoms with Crippen LogP contribution in [0.2, 0.25) is 0 Å². The summed E-state index contributed by atoms with van der Waals surface area (Å²) < 4.78 is 0. The Kier molecular flexibility index (Phi) is 6.38. The van der Waals surface area contributed by atoms with Gasteiger partial charge in [-0.25, -0.2) is 19.6 Å². The largest absolute Gasteiger partial charge is 0.478 e. The molecule has 0 radical (unpaired) electrons. The minimum absolute atomic E-state index is 0.558. The zero-order valence-corrected chi connectivity index (χ0v) is 10.4. The Morgan fingerprint density at radius 1 is 0.722 bits per heavy atom. The van der Waals surface area contributed by atoms with Crippen molar-refractivity contribution in [3.05, 3.63) is 12.2 Å². The Hall–Kier alpha value is -1.40. The van der Waals surface area contributed by atoms with E-state index in [0.29, 0.717) is 12.2 Å². The molecule has 0 unspecified atom stereocenters. The molecule has 2 fully saturated rings. The SMILES string of the molecule is C1CCN(N2CCCC2)C1.O=C(O)/C=C/C(=O)O. The van der Waals surface area contributed by atoms with Crippen molar-refractivity contribution in [1.29, 1.82) is 0 Å². The van der Waals surface area contributed by atoms with E-state index in [1.165, 1.54) is 51.9 Å². The molecule has 0 atom stereocenters. The van der Waals surface area contributed by atoms with E-state index in [4.69, 9.17) is 10.2 Å². The lowest BCUT2D eigenvalue weighted by molar-refractivity contribution is -0.134. The second kappa shape index (κ2) is 7.84. The fourth-order valence-corrected chi connectivity index (χ4v) is 2.11. The van der Waals surface area contributed by atoms with E-state index >= 15 is 0 Å². The highest BCUT2D eigenvalue weighted by atomic mass is 16.4. The maximum absolute atomic E-state index is 9.55. The van der Waals surface area contributed by atoms with Crippen LogP contribution in [0, 0.1) is 0 Å². The van der Waals surface area contributed by atoms with Crippen molar-refractivity contribution in [2.45, 2.75) is 25.7 Å². The van der Waals surface area contributed by atoms with Crippen molar-refractivity contribution in [1.82, 2.24) is 10.0 Å². The van der Waals surface area contributed by atoms with E-state index in [1.807, 2.05) is 0 Å². The minimum Gasteiger partial charge on any atom is -0.478 e. The highest BCUT2D eigenvalue weighted by Crippen LogP contribution is 2.16. The molecular formula is C12H20N2O4. The minimum atomic E-state index is -1.26. The number of hydrazine groups is 1. The van der Waals surface area contributed by atoms with Crippen LogP contribution in [0.25, 0.3) is 0 Å². The van der Waals surface area contributed by atoms with Crippen LogP contribution < -0.4 is 0 Å². The van der Waals surface area contributed by atoms with Crippen LogP contribution in [0.5, 0.6) is 0 Å². The van der Waals surface area contributed by atoms with Crippen LogP contribution in [0.1, 0.15) is 25.7 Å². The Balaban J connectivity index is 0.000000187. The Morgan fingerprint density at radius 2 is 1.00 bits per heavy atom. The van der Waals surface area contributed by atoms with E-state index in [0.717, 1.165) is 0 Å². The summed E-state index contributed by atoms with van der Waals surface area (Å²) in [6.07, 6.45) is 6.77. The van der Waals surface area contributed by atoms with Gasteiger partial charge in [-0.1, -0.05) is 0 Å². The summed E-state index contributed by atoms with van der Waals surface area (Å²) in [4.78, 5) is 19.1. The fourth-order valence-electron chi connectivity index (χ4n) is 2.11. The summed E-state index contributed by atoms with van der Waals surface area (Å²) in [5, 5.41) is 20.7. The normalized spacial score (nSPS) is 20.9. The van der Waals surface area contributed by atoms with E-state index < -0.39 is 11.9 Å². The van der Waals surface area contributed by atoms with Crippen LogP contribution >= 0.6 is 0 Å². The fraction of sp³-hybridized carbons (Fsp3) is 0.667. The quantitative estimate of drug-likeness (QED) is 0.727. The number of rotatable bonds is 3. The van der Waals surface area contributed by atoms with Gasteiger partial charge in [0.1, 0.15) is 0 Å². The van der Waals surface area contributed by atoms with Crippen molar-refractivity contribution in [2.24, 2.45) is 0 Å². The van der Waals surface area contributed by atoms with Gasteiger partial charge in [-0.2, -0.15) is 0 Å². The predicted molar refractivity (Wildman–Crippen MR) is 66.0 cm³/mol. The second-order valence-corrected chi connectivity index (χ2v) is 4.33. The summed E-state index contributed by atoms with van der Waals surface area (Å²) in [7, 11) is 0. The first kappa shape index (κ1) is 14.7. The molecule has 0 saturated carbocycles. The lowest BCUT2D eigenvalue weighted by Gasteiger charge is -2.26. The molecule has 2 aliphatic rings.